The number of aromatic nitrogens is 4. The smallest absolute Gasteiger partial charge is 0.230 e. The third kappa shape index (κ3) is 7.90. The van der Waals surface area contributed by atoms with E-state index in [4.69, 9.17) is 10.5 Å². The molecule has 2 aromatic carbocycles. The lowest BCUT2D eigenvalue weighted by Crippen LogP contribution is -2.25. The van der Waals surface area contributed by atoms with Crippen LogP contribution in [0.15, 0.2) is 85.7 Å². The minimum atomic E-state index is -0.147. The number of imidazole rings is 2. The Labute approximate surface area is 268 Å². The van der Waals surface area contributed by atoms with Crippen LogP contribution in [0.2, 0.25) is 0 Å². The molecule has 2 fully saturated rings. The van der Waals surface area contributed by atoms with Gasteiger partial charge in [0.25, 0.3) is 0 Å². The molecule has 0 unspecified atom stereocenters. The summed E-state index contributed by atoms with van der Waals surface area (Å²) in [6.07, 6.45) is 12.7. The molecule has 12 heteroatoms. The Hall–Kier alpha value is -5.62. The number of benzene rings is 2. The van der Waals surface area contributed by atoms with E-state index in [1.165, 1.54) is 11.1 Å². The van der Waals surface area contributed by atoms with Crippen LogP contribution in [0, 0.1) is 34.7 Å². The molecule has 2 amide bonds. The normalized spacial score (nSPS) is 18.4. The molecule has 4 aromatic rings. The quantitative estimate of drug-likeness (QED) is 0.275. The Kier molecular flexibility index (Phi) is 10.3. The molecule has 0 bridgehead atoms. The van der Waals surface area contributed by atoms with Crippen LogP contribution in [0.5, 0.6) is 0 Å². The van der Waals surface area contributed by atoms with Gasteiger partial charge < -0.3 is 29.6 Å². The lowest BCUT2D eigenvalue weighted by Gasteiger charge is -2.13. The number of rotatable bonds is 8. The zero-order valence-electron chi connectivity index (χ0n) is 26.0. The second-order valence-electron chi connectivity index (χ2n) is 11.6. The van der Waals surface area contributed by atoms with Crippen molar-refractivity contribution in [2.75, 3.05) is 36.8 Å². The van der Waals surface area contributed by atoms with Gasteiger partial charge in [-0.05, 0) is 37.8 Å². The third-order valence-electron chi connectivity index (χ3n) is 8.56. The molecule has 0 aliphatic carbocycles. The number of amides is 2. The topological polar surface area (TPSA) is 148 Å². The first-order valence-corrected chi connectivity index (χ1v) is 15.4. The number of nitrogens with one attached hydrogen (secondary N) is 2. The van der Waals surface area contributed by atoms with Gasteiger partial charge in [-0.1, -0.05) is 60.7 Å². The minimum Gasteiger partial charge on any atom is -0.328 e. The number of nitriles is 2. The van der Waals surface area contributed by atoms with Crippen LogP contribution >= 0.6 is 0 Å². The Bertz CT molecular complexity index is 1560. The highest BCUT2D eigenvalue weighted by Gasteiger charge is 2.29. The zero-order valence-corrected chi connectivity index (χ0v) is 26.0. The second-order valence-corrected chi connectivity index (χ2v) is 11.6. The molecule has 4 atom stereocenters. The Morgan fingerprint density at radius 2 is 1.11 bits per heavy atom. The highest BCUT2D eigenvalue weighted by Crippen LogP contribution is 2.22. The lowest BCUT2D eigenvalue weighted by molar-refractivity contribution is -0.120. The van der Waals surface area contributed by atoms with E-state index in [1.807, 2.05) is 57.9 Å². The summed E-state index contributed by atoms with van der Waals surface area (Å²) in [6.45, 7) is 6.45. The molecule has 12 nitrogen and oxygen atoms in total. The summed E-state index contributed by atoms with van der Waals surface area (Å²) in [5.74, 6) is 0.666. The molecule has 46 heavy (non-hydrogen) atoms. The van der Waals surface area contributed by atoms with Crippen LogP contribution < -0.4 is 10.6 Å². The zero-order chi connectivity index (χ0) is 32.5. The Morgan fingerprint density at radius 3 is 1.46 bits per heavy atom. The van der Waals surface area contributed by atoms with E-state index < -0.39 is 0 Å². The van der Waals surface area contributed by atoms with Gasteiger partial charge in [-0.25, -0.2) is 9.97 Å². The number of anilines is 2. The van der Waals surface area contributed by atoms with Crippen LogP contribution in [0.1, 0.15) is 49.9 Å². The summed E-state index contributed by atoms with van der Waals surface area (Å²) in [6, 6.07) is 20.6. The molecule has 2 saturated heterocycles. The molecule has 0 spiro atoms. The van der Waals surface area contributed by atoms with Gasteiger partial charge in [0, 0.05) is 38.6 Å². The minimum absolute atomic E-state index is 0.0691. The molecule has 4 heterocycles. The van der Waals surface area contributed by atoms with Crippen molar-refractivity contribution >= 4 is 23.5 Å². The van der Waals surface area contributed by atoms with Gasteiger partial charge in [-0.3, -0.25) is 9.59 Å². The van der Waals surface area contributed by atoms with E-state index in [0.717, 1.165) is 0 Å². The van der Waals surface area contributed by atoms with Crippen molar-refractivity contribution in [2.45, 2.75) is 38.8 Å². The SMILES string of the molecule is C[C@@H](c1ccccc1)n1cnc(NC(=O)[C@H]2CCN(C#N)C2)c1.C[C@H](c1ccccc1)n1cnc(NC(=O)[C@H]2CCN(C#N)C2)c1. The van der Waals surface area contributed by atoms with Crippen LogP contribution in [0.4, 0.5) is 11.6 Å². The van der Waals surface area contributed by atoms with E-state index in [2.05, 4.69) is 71.1 Å². The van der Waals surface area contributed by atoms with Crippen LogP contribution in [0.3, 0.4) is 0 Å². The number of carbonyl (C=O) groups excluding carboxylic acids is 2. The highest BCUT2D eigenvalue weighted by atomic mass is 16.2. The van der Waals surface area contributed by atoms with E-state index >= 15 is 0 Å². The van der Waals surface area contributed by atoms with E-state index in [9.17, 15) is 9.59 Å². The van der Waals surface area contributed by atoms with Crippen LogP contribution in [0.25, 0.3) is 0 Å². The summed E-state index contributed by atoms with van der Waals surface area (Å²) in [4.78, 5) is 36.2. The largest absolute Gasteiger partial charge is 0.328 e. The van der Waals surface area contributed by atoms with Gasteiger partial charge >= 0.3 is 0 Å². The first kappa shape index (κ1) is 31.8. The van der Waals surface area contributed by atoms with Gasteiger partial charge in [0.1, 0.15) is 0 Å². The van der Waals surface area contributed by atoms with E-state index in [1.54, 1.807) is 22.5 Å². The molecule has 0 saturated carbocycles. The summed E-state index contributed by atoms with van der Waals surface area (Å²) in [7, 11) is 0. The van der Waals surface area contributed by atoms with Crippen molar-refractivity contribution in [3.63, 3.8) is 0 Å². The van der Waals surface area contributed by atoms with Gasteiger partial charge in [-0.2, -0.15) is 10.5 Å². The molecule has 2 N–H and O–H groups in total. The number of nitrogens with zero attached hydrogens (tertiary/aromatic N) is 8. The van der Waals surface area contributed by atoms with Gasteiger partial charge in [0.2, 0.25) is 11.8 Å². The van der Waals surface area contributed by atoms with Crippen molar-refractivity contribution in [1.82, 2.24) is 28.9 Å². The summed E-state index contributed by atoms with van der Waals surface area (Å²) in [5.41, 5.74) is 2.37. The predicted octanol–water partition coefficient (Wildman–Crippen LogP) is 4.47. The standard InChI is InChI=1S/2C17H19N5O/c2*1-13(14-5-3-2-4-6-14)22-10-16(19-12-22)20-17(23)15-7-8-21(9-15)11-18/h2*2-6,10,12-13,15H,7-9H2,1H3,(H,20,23)/t13-,15+;13-,15-/m10/s1. The fourth-order valence-electron chi connectivity index (χ4n) is 5.62. The van der Waals surface area contributed by atoms with Gasteiger partial charge in [0.05, 0.1) is 36.6 Å². The summed E-state index contributed by atoms with van der Waals surface area (Å²) < 4.78 is 3.95. The summed E-state index contributed by atoms with van der Waals surface area (Å²) in [5, 5.41) is 23.4. The number of likely N-dealkylation sites (tertiary alicyclic amines) is 2. The molecule has 2 aliphatic rings. The first-order valence-electron chi connectivity index (χ1n) is 15.4. The van der Waals surface area contributed by atoms with Crippen LogP contribution in [-0.4, -0.2) is 66.9 Å². The number of carbonyl (C=O) groups is 2. The predicted molar refractivity (Wildman–Crippen MR) is 173 cm³/mol. The average molecular weight is 619 g/mol. The molecule has 0 radical (unpaired) electrons. The molecule has 6 rings (SSSR count). The molecular weight excluding hydrogens is 580 g/mol. The third-order valence-corrected chi connectivity index (χ3v) is 8.56. The average Bonchev–Trinajstić information content (AvgIpc) is 3.92. The maximum atomic E-state index is 12.2. The van der Waals surface area contributed by atoms with Crippen molar-refractivity contribution in [3.8, 4) is 12.4 Å². The Morgan fingerprint density at radius 1 is 0.717 bits per heavy atom. The maximum absolute atomic E-state index is 12.2. The fraction of sp³-hybridized carbons (Fsp3) is 0.353. The molecule has 236 valence electrons. The highest BCUT2D eigenvalue weighted by molar-refractivity contribution is 5.92. The maximum Gasteiger partial charge on any atom is 0.230 e. The van der Waals surface area contributed by atoms with Crippen molar-refractivity contribution < 1.29 is 9.59 Å². The van der Waals surface area contributed by atoms with Crippen molar-refractivity contribution in [2.24, 2.45) is 11.8 Å². The van der Waals surface area contributed by atoms with Gasteiger partial charge in [-0.15, -0.1) is 0 Å². The second kappa shape index (κ2) is 14.9. The lowest BCUT2D eigenvalue weighted by atomic mass is 10.1. The fourth-order valence-corrected chi connectivity index (χ4v) is 5.62. The monoisotopic (exact) mass is 618 g/mol. The number of hydrogen-bond donors (Lipinski definition) is 2. The van der Waals surface area contributed by atoms with Crippen LogP contribution in [-0.2, 0) is 9.59 Å². The van der Waals surface area contributed by atoms with Crippen molar-refractivity contribution in [1.29, 1.82) is 10.5 Å². The molecule has 2 aliphatic heterocycles. The van der Waals surface area contributed by atoms with E-state index in [-0.39, 0.29) is 35.7 Å². The molecular formula is C34H38N10O2. The summed E-state index contributed by atoms with van der Waals surface area (Å²) >= 11 is 0. The van der Waals surface area contributed by atoms with E-state index in [0.29, 0.717) is 50.7 Å². The van der Waals surface area contributed by atoms with Crippen molar-refractivity contribution in [3.05, 3.63) is 96.8 Å². The number of hydrogen-bond acceptors (Lipinski definition) is 8. The first-order chi connectivity index (χ1) is 22.3. The van der Waals surface area contributed by atoms with Gasteiger partial charge in [0.15, 0.2) is 24.0 Å². The molecule has 2 aromatic heterocycles. The Balaban J connectivity index is 0.000000181.